The summed E-state index contributed by atoms with van der Waals surface area (Å²) < 4.78 is 28.1. The van der Waals surface area contributed by atoms with Crippen molar-refractivity contribution < 1.29 is 13.5 Å². The third-order valence-corrected chi connectivity index (χ3v) is 2.31. The topological polar surface area (TPSA) is 21.3 Å². The number of ether oxygens (including phenoxy) is 1. The first-order valence-corrected chi connectivity index (χ1v) is 4.54. The van der Waals surface area contributed by atoms with Crippen molar-refractivity contribution in [3.05, 3.63) is 29.8 Å². The van der Waals surface area contributed by atoms with Crippen LogP contribution >= 0.6 is 0 Å². The third kappa shape index (κ3) is 2.01. The zero-order valence-electron chi connectivity index (χ0n) is 7.54. The Balaban J connectivity index is 2.09. The Morgan fingerprint density at radius 3 is 2.79 bits per heavy atom. The van der Waals surface area contributed by atoms with Gasteiger partial charge in [-0.2, -0.15) is 8.78 Å². The number of hydrogen-bond acceptors (Lipinski definition) is 2. The Morgan fingerprint density at radius 2 is 2.21 bits per heavy atom. The maximum Gasteiger partial charge on any atom is 0.387 e. The quantitative estimate of drug-likeness (QED) is 0.806. The fraction of sp³-hybridized carbons (Fsp3) is 0.400. The van der Waals surface area contributed by atoms with E-state index in [0.717, 1.165) is 18.5 Å². The van der Waals surface area contributed by atoms with Crippen LogP contribution in [0.2, 0.25) is 0 Å². The molecule has 0 radical (unpaired) electrons. The SMILES string of the molecule is FC(F)Oc1cccc(C2CCN2)c1. The number of hydrogen-bond donors (Lipinski definition) is 1. The molecule has 1 unspecified atom stereocenters. The maximum absolute atomic E-state index is 11.9. The van der Waals surface area contributed by atoms with E-state index in [2.05, 4.69) is 10.1 Å². The summed E-state index contributed by atoms with van der Waals surface area (Å²) in [6.45, 7) is -1.76. The Bertz CT molecular complexity index is 313. The van der Waals surface area contributed by atoms with Gasteiger partial charge in [-0.25, -0.2) is 0 Å². The minimum absolute atomic E-state index is 0.228. The van der Waals surface area contributed by atoms with E-state index in [-0.39, 0.29) is 5.75 Å². The smallest absolute Gasteiger partial charge is 0.387 e. The highest BCUT2D eigenvalue weighted by Gasteiger charge is 2.18. The molecule has 0 amide bonds. The number of halogens is 2. The molecule has 76 valence electrons. The molecule has 1 aliphatic heterocycles. The lowest BCUT2D eigenvalue weighted by molar-refractivity contribution is -0.0499. The molecule has 2 rings (SSSR count). The van der Waals surface area contributed by atoms with Gasteiger partial charge in [0, 0.05) is 6.04 Å². The summed E-state index contributed by atoms with van der Waals surface area (Å²) >= 11 is 0. The first-order chi connectivity index (χ1) is 6.75. The van der Waals surface area contributed by atoms with Crippen LogP contribution in [0.4, 0.5) is 8.78 Å². The van der Waals surface area contributed by atoms with Gasteiger partial charge in [0.15, 0.2) is 0 Å². The monoisotopic (exact) mass is 199 g/mol. The summed E-state index contributed by atoms with van der Waals surface area (Å²) in [6, 6.07) is 7.13. The van der Waals surface area contributed by atoms with Crippen LogP contribution in [0.5, 0.6) is 5.75 Å². The van der Waals surface area contributed by atoms with Crippen molar-refractivity contribution in [1.82, 2.24) is 5.32 Å². The average molecular weight is 199 g/mol. The van der Waals surface area contributed by atoms with Crippen LogP contribution in [0, 0.1) is 0 Å². The number of benzene rings is 1. The molecule has 4 heteroatoms. The molecule has 1 aliphatic rings. The third-order valence-electron chi connectivity index (χ3n) is 2.31. The van der Waals surface area contributed by atoms with Crippen molar-refractivity contribution in [2.24, 2.45) is 0 Å². The second kappa shape index (κ2) is 3.92. The molecule has 0 aromatic heterocycles. The van der Waals surface area contributed by atoms with Crippen LogP contribution in [-0.2, 0) is 0 Å². The first kappa shape index (κ1) is 9.40. The molecule has 14 heavy (non-hydrogen) atoms. The highest BCUT2D eigenvalue weighted by Crippen LogP contribution is 2.26. The highest BCUT2D eigenvalue weighted by atomic mass is 19.3. The summed E-state index contributed by atoms with van der Waals surface area (Å²) in [4.78, 5) is 0. The highest BCUT2D eigenvalue weighted by molar-refractivity contribution is 5.31. The molecule has 1 aromatic rings. The van der Waals surface area contributed by atoms with E-state index in [1.54, 1.807) is 12.1 Å². The Morgan fingerprint density at radius 1 is 1.43 bits per heavy atom. The Hall–Kier alpha value is -1.16. The Kier molecular flexibility index (Phi) is 2.63. The molecule has 0 saturated carbocycles. The minimum atomic E-state index is -2.75. The number of rotatable bonds is 3. The normalized spacial score (nSPS) is 20.6. The largest absolute Gasteiger partial charge is 0.435 e. The second-order valence-electron chi connectivity index (χ2n) is 3.25. The predicted molar refractivity (Wildman–Crippen MR) is 48.4 cm³/mol. The lowest BCUT2D eigenvalue weighted by Gasteiger charge is -2.28. The van der Waals surface area contributed by atoms with E-state index in [1.165, 1.54) is 6.07 Å². The number of alkyl halides is 2. The van der Waals surface area contributed by atoms with Gasteiger partial charge in [0.2, 0.25) is 0 Å². The minimum Gasteiger partial charge on any atom is -0.435 e. The molecule has 1 heterocycles. The van der Waals surface area contributed by atoms with Crippen LogP contribution < -0.4 is 10.1 Å². The van der Waals surface area contributed by atoms with Gasteiger partial charge in [-0.3, -0.25) is 0 Å². The summed E-state index contributed by atoms with van der Waals surface area (Å²) in [7, 11) is 0. The predicted octanol–water partition coefficient (Wildman–Crippen LogP) is 2.32. The molecular formula is C10H11F2NO. The average Bonchev–Trinajstić information content (AvgIpc) is 1.99. The van der Waals surface area contributed by atoms with Gasteiger partial charge in [-0.15, -0.1) is 0 Å². The van der Waals surface area contributed by atoms with Crippen molar-refractivity contribution in [2.45, 2.75) is 19.1 Å². The molecule has 1 atom stereocenters. The van der Waals surface area contributed by atoms with E-state index < -0.39 is 6.61 Å². The molecule has 0 spiro atoms. The van der Waals surface area contributed by atoms with E-state index >= 15 is 0 Å². The van der Waals surface area contributed by atoms with E-state index in [1.807, 2.05) is 6.07 Å². The number of nitrogens with one attached hydrogen (secondary N) is 1. The Labute approximate surface area is 80.9 Å². The summed E-state index contributed by atoms with van der Waals surface area (Å²) in [5.41, 5.74) is 1.01. The van der Waals surface area contributed by atoms with Crippen molar-refractivity contribution in [1.29, 1.82) is 0 Å². The van der Waals surface area contributed by atoms with E-state index in [0.29, 0.717) is 6.04 Å². The second-order valence-corrected chi connectivity index (χ2v) is 3.25. The van der Waals surface area contributed by atoms with Gasteiger partial charge >= 0.3 is 6.61 Å². The molecule has 1 saturated heterocycles. The molecule has 2 nitrogen and oxygen atoms in total. The van der Waals surface area contributed by atoms with Crippen molar-refractivity contribution >= 4 is 0 Å². The van der Waals surface area contributed by atoms with Gasteiger partial charge in [-0.05, 0) is 30.7 Å². The summed E-state index contributed by atoms with van der Waals surface area (Å²) in [5.74, 6) is 0.228. The van der Waals surface area contributed by atoms with Crippen LogP contribution in [-0.4, -0.2) is 13.2 Å². The van der Waals surface area contributed by atoms with Crippen molar-refractivity contribution in [3.63, 3.8) is 0 Å². The van der Waals surface area contributed by atoms with Gasteiger partial charge in [0.1, 0.15) is 5.75 Å². The van der Waals surface area contributed by atoms with Crippen LogP contribution in [0.3, 0.4) is 0 Å². The lowest BCUT2D eigenvalue weighted by atomic mass is 9.98. The fourth-order valence-corrected chi connectivity index (χ4v) is 1.48. The van der Waals surface area contributed by atoms with E-state index in [4.69, 9.17) is 0 Å². The molecule has 0 aliphatic carbocycles. The molecule has 1 aromatic carbocycles. The van der Waals surface area contributed by atoms with Gasteiger partial charge in [0.05, 0.1) is 0 Å². The first-order valence-electron chi connectivity index (χ1n) is 4.54. The summed E-state index contributed by atoms with van der Waals surface area (Å²) in [5, 5.41) is 3.20. The molecule has 1 N–H and O–H groups in total. The maximum atomic E-state index is 11.9. The zero-order chi connectivity index (χ0) is 9.97. The molecule has 0 bridgehead atoms. The summed E-state index contributed by atoms with van der Waals surface area (Å²) in [6.07, 6.45) is 1.05. The van der Waals surface area contributed by atoms with Crippen molar-refractivity contribution in [3.8, 4) is 5.75 Å². The van der Waals surface area contributed by atoms with Gasteiger partial charge in [-0.1, -0.05) is 12.1 Å². The zero-order valence-corrected chi connectivity index (χ0v) is 7.54. The van der Waals surface area contributed by atoms with Crippen molar-refractivity contribution in [2.75, 3.05) is 6.54 Å². The standard InChI is InChI=1S/C10H11F2NO/c11-10(12)14-8-3-1-2-7(6-8)9-4-5-13-9/h1-3,6,9-10,13H,4-5H2. The molecule has 1 fully saturated rings. The van der Waals surface area contributed by atoms with Crippen LogP contribution in [0.15, 0.2) is 24.3 Å². The van der Waals surface area contributed by atoms with E-state index in [9.17, 15) is 8.78 Å². The van der Waals surface area contributed by atoms with Gasteiger partial charge in [0.25, 0.3) is 0 Å². The fourth-order valence-electron chi connectivity index (χ4n) is 1.48. The molecular weight excluding hydrogens is 188 g/mol. The lowest BCUT2D eigenvalue weighted by Crippen LogP contribution is -2.34. The van der Waals surface area contributed by atoms with Crippen LogP contribution in [0.1, 0.15) is 18.0 Å². The van der Waals surface area contributed by atoms with Crippen LogP contribution in [0.25, 0.3) is 0 Å². The van der Waals surface area contributed by atoms with Gasteiger partial charge < -0.3 is 10.1 Å².